The molecule has 2 N–H and O–H groups in total. The molecule has 1 aliphatic heterocycles. The van der Waals surface area contributed by atoms with E-state index in [4.69, 9.17) is 10.2 Å². The molecular formula is C11H12FN3O. The summed E-state index contributed by atoms with van der Waals surface area (Å²) >= 11 is 0. The van der Waals surface area contributed by atoms with E-state index in [0.29, 0.717) is 36.8 Å². The Balaban J connectivity index is 1.99. The van der Waals surface area contributed by atoms with Gasteiger partial charge in [-0.25, -0.2) is 4.39 Å². The summed E-state index contributed by atoms with van der Waals surface area (Å²) < 4.78 is 18.6. The third kappa shape index (κ3) is 1.48. The first kappa shape index (κ1) is 9.45. The zero-order valence-corrected chi connectivity index (χ0v) is 8.69. The van der Waals surface area contributed by atoms with Crippen molar-refractivity contribution in [2.45, 2.75) is 12.6 Å². The average Bonchev–Trinajstić information content (AvgIpc) is 2.83. The molecule has 0 aliphatic carbocycles. The predicted octanol–water partition coefficient (Wildman–Crippen LogP) is 1.96. The fourth-order valence-corrected chi connectivity index (χ4v) is 1.96. The minimum Gasteiger partial charge on any atom is -0.423 e. The molecule has 5 heteroatoms. The Morgan fingerprint density at radius 1 is 1.50 bits per heavy atom. The van der Waals surface area contributed by atoms with E-state index in [9.17, 15) is 4.39 Å². The molecule has 0 radical (unpaired) electrons. The number of nitrogens with zero attached hydrogens (tertiary/aromatic N) is 2. The van der Waals surface area contributed by atoms with Gasteiger partial charge in [0, 0.05) is 18.3 Å². The van der Waals surface area contributed by atoms with Crippen molar-refractivity contribution in [3.63, 3.8) is 0 Å². The van der Waals surface area contributed by atoms with E-state index in [1.165, 1.54) is 0 Å². The Morgan fingerprint density at radius 2 is 2.38 bits per heavy atom. The van der Waals surface area contributed by atoms with Gasteiger partial charge in [0.1, 0.15) is 11.7 Å². The van der Waals surface area contributed by atoms with Crippen LogP contribution in [-0.4, -0.2) is 24.2 Å². The molecule has 16 heavy (non-hydrogen) atoms. The lowest BCUT2D eigenvalue weighted by molar-refractivity contribution is 0.363. The molecule has 0 saturated carbocycles. The number of alkyl halides is 1. The lowest BCUT2D eigenvalue weighted by Crippen LogP contribution is -2.19. The fraction of sp³-hybridized carbons (Fsp3) is 0.364. The van der Waals surface area contributed by atoms with Crippen molar-refractivity contribution in [3.05, 3.63) is 18.2 Å². The minimum atomic E-state index is -0.778. The van der Waals surface area contributed by atoms with Gasteiger partial charge in [-0.15, -0.1) is 0 Å². The summed E-state index contributed by atoms with van der Waals surface area (Å²) in [6.45, 7) is 1.02. The van der Waals surface area contributed by atoms with Crippen molar-refractivity contribution in [2.75, 3.05) is 23.7 Å². The number of benzene rings is 1. The Labute approximate surface area is 91.8 Å². The maximum atomic E-state index is 13.0. The molecule has 1 fully saturated rings. The SMILES string of the molecule is Nc1ccc2nc(N3CC[C@@H](F)C3)oc2c1. The van der Waals surface area contributed by atoms with Gasteiger partial charge in [0.05, 0.1) is 6.54 Å². The largest absolute Gasteiger partial charge is 0.423 e. The Hall–Kier alpha value is -1.78. The van der Waals surface area contributed by atoms with Gasteiger partial charge in [-0.05, 0) is 18.6 Å². The maximum absolute atomic E-state index is 13.0. The Kier molecular flexibility index (Phi) is 1.99. The van der Waals surface area contributed by atoms with Gasteiger partial charge in [-0.2, -0.15) is 4.98 Å². The molecule has 1 saturated heterocycles. The van der Waals surface area contributed by atoms with E-state index >= 15 is 0 Å². The number of fused-ring (bicyclic) bond motifs is 1. The highest BCUT2D eigenvalue weighted by molar-refractivity contribution is 5.78. The molecule has 4 nitrogen and oxygen atoms in total. The second-order valence-corrected chi connectivity index (χ2v) is 4.06. The second-order valence-electron chi connectivity index (χ2n) is 4.06. The lowest BCUT2D eigenvalue weighted by atomic mass is 10.3. The third-order valence-corrected chi connectivity index (χ3v) is 2.80. The highest BCUT2D eigenvalue weighted by atomic mass is 19.1. The molecule has 0 unspecified atom stereocenters. The number of aromatic nitrogens is 1. The van der Waals surface area contributed by atoms with E-state index < -0.39 is 6.17 Å². The quantitative estimate of drug-likeness (QED) is 0.748. The van der Waals surface area contributed by atoms with Crippen LogP contribution < -0.4 is 10.6 Å². The number of nitrogens with two attached hydrogens (primary N) is 1. The van der Waals surface area contributed by atoms with Crippen LogP contribution in [0.3, 0.4) is 0 Å². The van der Waals surface area contributed by atoms with Crippen molar-refractivity contribution in [2.24, 2.45) is 0 Å². The molecule has 1 aliphatic rings. The molecule has 0 amide bonds. The van der Waals surface area contributed by atoms with E-state index in [-0.39, 0.29) is 0 Å². The highest BCUT2D eigenvalue weighted by Crippen LogP contribution is 2.26. The topological polar surface area (TPSA) is 55.3 Å². The molecule has 2 heterocycles. The summed E-state index contributed by atoms with van der Waals surface area (Å²) in [5, 5.41) is 0. The second kappa shape index (κ2) is 3.37. The van der Waals surface area contributed by atoms with Crippen LogP contribution in [0, 0.1) is 0 Å². The smallest absolute Gasteiger partial charge is 0.298 e. The van der Waals surface area contributed by atoms with Crippen LogP contribution >= 0.6 is 0 Å². The van der Waals surface area contributed by atoms with Crippen molar-refractivity contribution in [1.29, 1.82) is 0 Å². The van der Waals surface area contributed by atoms with Gasteiger partial charge >= 0.3 is 0 Å². The van der Waals surface area contributed by atoms with Gasteiger partial charge in [-0.1, -0.05) is 0 Å². The molecule has 3 rings (SSSR count). The van der Waals surface area contributed by atoms with Crippen molar-refractivity contribution < 1.29 is 8.81 Å². The molecule has 0 bridgehead atoms. The Bertz CT molecular complexity index is 525. The number of nitrogen functional groups attached to an aromatic ring is 1. The van der Waals surface area contributed by atoms with Gasteiger partial charge in [0.15, 0.2) is 5.58 Å². The number of halogens is 1. The zero-order valence-electron chi connectivity index (χ0n) is 8.69. The third-order valence-electron chi connectivity index (χ3n) is 2.80. The first-order chi connectivity index (χ1) is 7.72. The van der Waals surface area contributed by atoms with Crippen LogP contribution in [0.1, 0.15) is 6.42 Å². The number of hydrogen-bond donors (Lipinski definition) is 1. The van der Waals surface area contributed by atoms with Crippen molar-refractivity contribution in [3.8, 4) is 0 Å². The number of anilines is 2. The standard InChI is InChI=1S/C11H12FN3O/c12-7-3-4-15(6-7)11-14-9-2-1-8(13)5-10(9)16-11/h1-2,5,7H,3-4,6,13H2/t7-/m1/s1. The van der Waals surface area contributed by atoms with Crippen LogP contribution in [0.5, 0.6) is 0 Å². The van der Waals surface area contributed by atoms with Crippen LogP contribution in [0.2, 0.25) is 0 Å². The first-order valence-corrected chi connectivity index (χ1v) is 5.27. The summed E-state index contributed by atoms with van der Waals surface area (Å²) in [6.07, 6.45) is -0.235. The average molecular weight is 221 g/mol. The maximum Gasteiger partial charge on any atom is 0.298 e. The molecule has 1 aromatic carbocycles. The van der Waals surface area contributed by atoms with Crippen LogP contribution in [0.15, 0.2) is 22.6 Å². The molecule has 1 aromatic heterocycles. The van der Waals surface area contributed by atoms with Crippen LogP contribution in [0.4, 0.5) is 16.1 Å². The number of hydrogen-bond acceptors (Lipinski definition) is 4. The Morgan fingerprint density at radius 3 is 3.12 bits per heavy atom. The molecule has 1 atom stereocenters. The molecular weight excluding hydrogens is 209 g/mol. The zero-order chi connectivity index (χ0) is 11.1. The molecule has 2 aromatic rings. The summed E-state index contributed by atoms with van der Waals surface area (Å²) in [4.78, 5) is 6.13. The summed E-state index contributed by atoms with van der Waals surface area (Å²) in [5.74, 6) is 0. The number of oxazole rings is 1. The summed E-state index contributed by atoms with van der Waals surface area (Å²) in [7, 11) is 0. The van der Waals surface area contributed by atoms with Crippen LogP contribution in [0.25, 0.3) is 11.1 Å². The summed E-state index contributed by atoms with van der Waals surface area (Å²) in [6, 6.07) is 5.80. The number of rotatable bonds is 1. The normalized spacial score (nSPS) is 20.8. The van der Waals surface area contributed by atoms with Gasteiger partial charge in [0.2, 0.25) is 0 Å². The van der Waals surface area contributed by atoms with Gasteiger partial charge in [-0.3, -0.25) is 0 Å². The predicted molar refractivity (Wildman–Crippen MR) is 60.1 cm³/mol. The van der Waals surface area contributed by atoms with Crippen molar-refractivity contribution in [1.82, 2.24) is 4.98 Å². The van der Waals surface area contributed by atoms with Crippen molar-refractivity contribution >= 4 is 22.8 Å². The highest BCUT2D eigenvalue weighted by Gasteiger charge is 2.25. The van der Waals surface area contributed by atoms with Gasteiger partial charge < -0.3 is 15.1 Å². The van der Waals surface area contributed by atoms with Crippen LogP contribution in [-0.2, 0) is 0 Å². The van der Waals surface area contributed by atoms with E-state index in [0.717, 1.165) is 5.52 Å². The van der Waals surface area contributed by atoms with E-state index in [2.05, 4.69) is 4.98 Å². The van der Waals surface area contributed by atoms with E-state index in [1.807, 2.05) is 4.90 Å². The van der Waals surface area contributed by atoms with Gasteiger partial charge in [0.25, 0.3) is 6.01 Å². The first-order valence-electron chi connectivity index (χ1n) is 5.27. The monoisotopic (exact) mass is 221 g/mol. The molecule has 84 valence electrons. The minimum absolute atomic E-state index is 0.363. The fourth-order valence-electron chi connectivity index (χ4n) is 1.96. The van der Waals surface area contributed by atoms with E-state index in [1.54, 1.807) is 18.2 Å². The molecule has 0 spiro atoms. The summed E-state index contributed by atoms with van der Waals surface area (Å²) in [5.41, 5.74) is 7.69. The lowest BCUT2D eigenvalue weighted by Gasteiger charge is -2.10.